The number of ether oxygens (including phenoxy) is 1. The van der Waals surface area contributed by atoms with Crippen molar-refractivity contribution < 1.29 is 14.3 Å². The van der Waals surface area contributed by atoms with E-state index in [1.165, 1.54) is 0 Å². The molecule has 0 saturated carbocycles. The van der Waals surface area contributed by atoms with E-state index in [0.29, 0.717) is 25.4 Å². The summed E-state index contributed by atoms with van der Waals surface area (Å²) < 4.78 is 5.36. The predicted octanol–water partition coefficient (Wildman–Crippen LogP) is 1.65. The molecule has 116 valence electrons. The van der Waals surface area contributed by atoms with E-state index in [1.54, 1.807) is 12.3 Å². The van der Waals surface area contributed by atoms with Gasteiger partial charge in [0.15, 0.2) is 0 Å². The molecule has 0 saturated heterocycles. The van der Waals surface area contributed by atoms with Gasteiger partial charge in [-0.25, -0.2) is 4.98 Å². The molecule has 0 aromatic carbocycles. The van der Waals surface area contributed by atoms with Crippen LogP contribution in [0.3, 0.4) is 0 Å². The Labute approximate surface area is 125 Å². The lowest BCUT2D eigenvalue weighted by Gasteiger charge is -2.07. The molecule has 6 nitrogen and oxygen atoms in total. The Morgan fingerprint density at radius 1 is 1.24 bits per heavy atom. The monoisotopic (exact) mass is 293 g/mol. The molecule has 2 N–H and O–H groups in total. The van der Waals surface area contributed by atoms with Crippen LogP contribution < -0.4 is 10.6 Å². The van der Waals surface area contributed by atoms with Gasteiger partial charge < -0.3 is 15.4 Å². The number of hydrogen-bond acceptors (Lipinski definition) is 4. The van der Waals surface area contributed by atoms with Gasteiger partial charge in [-0.3, -0.25) is 9.59 Å². The minimum Gasteiger partial charge on any atom is -0.381 e. The topological polar surface area (TPSA) is 80.3 Å². The lowest BCUT2D eigenvalue weighted by atomic mass is 10.3. The summed E-state index contributed by atoms with van der Waals surface area (Å²) in [4.78, 5) is 27.2. The van der Waals surface area contributed by atoms with Gasteiger partial charge >= 0.3 is 11.8 Å². The Bertz CT molecular complexity index is 463. The van der Waals surface area contributed by atoms with Gasteiger partial charge in [-0.2, -0.15) is 0 Å². The van der Waals surface area contributed by atoms with E-state index in [4.69, 9.17) is 4.74 Å². The van der Waals surface area contributed by atoms with Crippen molar-refractivity contribution in [1.29, 1.82) is 0 Å². The van der Waals surface area contributed by atoms with Gasteiger partial charge in [0.25, 0.3) is 0 Å². The molecule has 0 aliphatic heterocycles. The van der Waals surface area contributed by atoms with Crippen LogP contribution in [0.1, 0.15) is 31.7 Å². The minimum atomic E-state index is -0.708. The van der Waals surface area contributed by atoms with Crippen molar-refractivity contribution in [3.05, 3.63) is 23.9 Å². The molecular weight excluding hydrogens is 270 g/mol. The SMILES string of the molecule is CCCCOCCCNC(=O)C(=O)Nc1cc(C)ccn1. The summed E-state index contributed by atoms with van der Waals surface area (Å²) in [6.07, 6.45) is 4.41. The number of nitrogens with one attached hydrogen (secondary N) is 2. The summed E-state index contributed by atoms with van der Waals surface area (Å²) in [5.74, 6) is -0.995. The molecule has 0 unspecified atom stereocenters. The number of aromatic nitrogens is 1. The average Bonchev–Trinajstić information content (AvgIpc) is 2.46. The van der Waals surface area contributed by atoms with Crippen molar-refractivity contribution >= 4 is 17.6 Å². The van der Waals surface area contributed by atoms with Crippen LogP contribution in [0.15, 0.2) is 18.3 Å². The van der Waals surface area contributed by atoms with Gasteiger partial charge in [0.2, 0.25) is 0 Å². The fourth-order valence-corrected chi connectivity index (χ4v) is 1.58. The summed E-state index contributed by atoms with van der Waals surface area (Å²) in [5, 5.41) is 5.01. The van der Waals surface area contributed by atoms with E-state index in [9.17, 15) is 9.59 Å². The summed E-state index contributed by atoms with van der Waals surface area (Å²) in [6.45, 7) is 5.73. The second-order valence-electron chi connectivity index (χ2n) is 4.75. The molecule has 0 fully saturated rings. The highest BCUT2D eigenvalue weighted by Crippen LogP contribution is 2.04. The largest absolute Gasteiger partial charge is 0.381 e. The first-order chi connectivity index (χ1) is 10.1. The number of aryl methyl sites for hydroxylation is 1. The molecule has 1 aromatic heterocycles. The number of hydrogen-bond donors (Lipinski definition) is 2. The number of pyridine rings is 1. The fourth-order valence-electron chi connectivity index (χ4n) is 1.58. The van der Waals surface area contributed by atoms with Gasteiger partial charge in [-0.15, -0.1) is 0 Å². The van der Waals surface area contributed by atoms with E-state index in [2.05, 4.69) is 22.5 Å². The predicted molar refractivity (Wildman–Crippen MR) is 81.0 cm³/mol. The molecule has 1 heterocycles. The summed E-state index contributed by atoms with van der Waals surface area (Å²) in [5.41, 5.74) is 0.963. The van der Waals surface area contributed by atoms with E-state index in [-0.39, 0.29) is 0 Å². The highest BCUT2D eigenvalue weighted by Gasteiger charge is 2.13. The number of nitrogens with zero attached hydrogens (tertiary/aromatic N) is 1. The van der Waals surface area contributed by atoms with Crippen molar-refractivity contribution in [2.75, 3.05) is 25.1 Å². The van der Waals surface area contributed by atoms with Crippen molar-refractivity contribution in [2.45, 2.75) is 33.1 Å². The molecule has 0 atom stereocenters. The Morgan fingerprint density at radius 2 is 2.00 bits per heavy atom. The number of rotatable bonds is 8. The summed E-state index contributed by atoms with van der Waals surface area (Å²) in [7, 11) is 0. The Balaban J connectivity index is 2.18. The van der Waals surface area contributed by atoms with Crippen LogP contribution in [-0.4, -0.2) is 36.6 Å². The summed E-state index contributed by atoms with van der Waals surface area (Å²) in [6, 6.07) is 3.51. The smallest absolute Gasteiger partial charge is 0.314 e. The zero-order valence-electron chi connectivity index (χ0n) is 12.6. The number of unbranched alkanes of at least 4 members (excludes halogenated alkanes) is 1. The van der Waals surface area contributed by atoms with Gasteiger partial charge in [-0.05, 0) is 37.5 Å². The minimum absolute atomic E-state index is 0.373. The standard InChI is InChI=1S/C15H23N3O3/c1-3-4-9-21-10-5-7-17-14(19)15(20)18-13-11-12(2)6-8-16-13/h6,8,11H,3-5,7,9-10H2,1-2H3,(H,17,19)(H,16,18,20). The third kappa shape index (κ3) is 7.41. The third-order valence-corrected chi connectivity index (χ3v) is 2.76. The molecule has 0 spiro atoms. The molecule has 0 radical (unpaired) electrons. The van der Waals surface area contributed by atoms with Crippen LogP contribution in [-0.2, 0) is 14.3 Å². The van der Waals surface area contributed by atoms with Crippen molar-refractivity contribution in [3.8, 4) is 0 Å². The average molecular weight is 293 g/mol. The fraction of sp³-hybridized carbons (Fsp3) is 0.533. The maximum Gasteiger partial charge on any atom is 0.314 e. The van der Waals surface area contributed by atoms with Crippen LogP contribution >= 0.6 is 0 Å². The van der Waals surface area contributed by atoms with Crippen LogP contribution in [0.2, 0.25) is 0 Å². The second kappa shape index (κ2) is 9.88. The highest BCUT2D eigenvalue weighted by molar-refractivity contribution is 6.39. The Morgan fingerprint density at radius 3 is 2.71 bits per heavy atom. The molecule has 1 aromatic rings. The van der Waals surface area contributed by atoms with Crippen molar-refractivity contribution in [2.24, 2.45) is 0 Å². The van der Waals surface area contributed by atoms with Crippen molar-refractivity contribution in [3.63, 3.8) is 0 Å². The molecule has 6 heteroatoms. The zero-order chi connectivity index (χ0) is 15.5. The normalized spacial score (nSPS) is 10.2. The molecule has 2 amide bonds. The lowest BCUT2D eigenvalue weighted by molar-refractivity contribution is -0.136. The first-order valence-corrected chi connectivity index (χ1v) is 7.23. The molecule has 0 aliphatic rings. The number of carbonyl (C=O) groups excluding carboxylic acids is 2. The van der Waals surface area contributed by atoms with Gasteiger partial charge in [-0.1, -0.05) is 13.3 Å². The third-order valence-electron chi connectivity index (χ3n) is 2.76. The molecular formula is C15H23N3O3. The Kier molecular flexibility index (Phi) is 8.04. The Hall–Kier alpha value is -1.95. The van der Waals surface area contributed by atoms with E-state index in [0.717, 1.165) is 25.0 Å². The maximum atomic E-state index is 11.6. The lowest BCUT2D eigenvalue weighted by Crippen LogP contribution is -2.36. The van der Waals surface area contributed by atoms with Crippen LogP contribution in [0.4, 0.5) is 5.82 Å². The highest BCUT2D eigenvalue weighted by atomic mass is 16.5. The number of amides is 2. The first kappa shape index (κ1) is 17.1. The molecule has 1 rings (SSSR count). The van der Waals surface area contributed by atoms with Gasteiger partial charge in [0.1, 0.15) is 5.82 Å². The quantitative estimate of drug-likeness (QED) is 0.564. The first-order valence-electron chi connectivity index (χ1n) is 7.23. The van der Waals surface area contributed by atoms with Gasteiger partial charge in [0, 0.05) is 26.0 Å². The number of anilines is 1. The van der Waals surface area contributed by atoms with E-state index < -0.39 is 11.8 Å². The number of carbonyl (C=O) groups is 2. The molecule has 0 aliphatic carbocycles. The molecule has 21 heavy (non-hydrogen) atoms. The van der Waals surface area contributed by atoms with Crippen LogP contribution in [0, 0.1) is 6.92 Å². The van der Waals surface area contributed by atoms with E-state index >= 15 is 0 Å². The van der Waals surface area contributed by atoms with Crippen LogP contribution in [0.25, 0.3) is 0 Å². The van der Waals surface area contributed by atoms with Crippen molar-refractivity contribution in [1.82, 2.24) is 10.3 Å². The van der Waals surface area contributed by atoms with E-state index in [1.807, 2.05) is 13.0 Å². The van der Waals surface area contributed by atoms with Crippen LogP contribution in [0.5, 0.6) is 0 Å². The molecule has 0 bridgehead atoms. The van der Waals surface area contributed by atoms with Gasteiger partial charge in [0.05, 0.1) is 0 Å². The summed E-state index contributed by atoms with van der Waals surface area (Å²) >= 11 is 0. The zero-order valence-corrected chi connectivity index (χ0v) is 12.6. The second-order valence-corrected chi connectivity index (χ2v) is 4.75. The maximum absolute atomic E-state index is 11.6.